The highest BCUT2D eigenvalue weighted by molar-refractivity contribution is 6.42. The number of likely N-dealkylation sites (tertiary alicyclic amines) is 1. The van der Waals surface area contributed by atoms with E-state index in [1.807, 2.05) is 18.2 Å². The van der Waals surface area contributed by atoms with Crippen LogP contribution in [0.5, 0.6) is 0 Å². The molecule has 2 N–H and O–H groups in total. The van der Waals surface area contributed by atoms with Crippen LogP contribution in [0.25, 0.3) is 0 Å². The van der Waals surface area contributed by atoms with E-state index in [0.29, 0.717) is 16.1 Å². The minimum Gasteiger partial charge on any atom is -0.327 e. The zero-order valence-electron chi connectivity index (χ0n) is 10.7. The number of hydrogen-bond donors (Lipinski definition) is 1. The minimum atomic E-state index is 0.197. The molecule has 2 nitrogen and oxygen atoms in total. The summed E-state index contributed by atoms with van der Waals surface area (Å²) >= 11 is 12.3. The molecule has 0 aliphatic carbocycles. The van der Waals surface area contributed by atoms with Gasteiger partial charge in [-0.05, 0) is 37.9 Å². The largest absolute Gasteiger partial charge is 0.327 e. The van der Waals surface area contributed by atoms with Gasteiger partial charge in [0.15, 0.2) is 0 Å². The van der Waals surface area contributed by atoms with E-state index in [1.165, 1.54) is 19.3 Å². The summed E-state index contributed by atoms with van der Waals surface area (Å²) in [6.07, 6.45) is 3.68. The van der Waals surface area contributed by atoms with Crippen LogP contribution in [0.15, 0.2) is 18.2 Å². The molecule has 1 aromatic carbocycles. The number of nitrogens with two attached hydrogens (primary N) is 1. The predicted octanol–water partition coefficient (Wildman–Crippen LogP) is 3.70. The summed E-state index contributed by atoms with van der Waals surface area (Å²) in [5.74, 6) is 0. The molecule has 4 heteroatoms. The zero-order chi connectivity index (χ0) is 13.1. The van der Waals surface area contributed by atoms with Crippen LogP contribution in [0, 0.1) is 0 Å². The van der Waals surface area contributed by atoms with Gasteiger partial charge in [0.1, 0.15) is 0 Å². The standard InChI is InChI=1S/C14H20Cl2N2/c1-10(17)13-7-2-3-8-18(13)9-11-5-4-6-12(15)14(11)16/h4-6,10,13H,2-3,7-9,17H2,1H3. The lowest BCUT2D eigenvalue weighted by molar-refractivity contribution is 0.123. The van der Waals surface area contributed by atoms with Gasteiger partial charge in [-0.25, -0.2) is 0 Å². The molecule has 0 radical (unpaired) electrons. The fourth-order valence-corrected chi connectivity index (χ4v) is 3.08. The molecule has 0 aromatic heterocycles. The highest BCUT2D eigenvalue weighted by Gasteiger charge is 2.25. The molecule has 1 aliphatic rings. The topological polar surface area (TPSA) is 29.3 Å². The summed E-state index contributed by atoms with van der Waals surface area (Å²) in [7, 11) is 0. The second-order valence-electron chi connectivity index (χ2n) is 5.11. The number of piperidine rings is 1. The predicted molar refractivity (Wildman–Crippen MR) is 78.2 cm³/mol. The van der Waals surface area contributed by atoms with Crippen molar-refractivity contribution in [1.82, 2.24) is 4.90 Å². The van der Waals surface area contributed by atoms with E-state index in [9.17, 15) is 0 Å². The molecular formula is C14H20Cl2N2. The third-order valence-electron chi connectivity index (χ3n) is 3.68. The van der Waals surface area contributed by atoms with Gasteiger partial charge in [0.25, 0.3) is 0 Å². The van der Waals surface area contributed by atoms with Crippen molar-refractivity contribution in [2.75, 3.05) is 6.54 Å². The van der Waals surface area contributed by atoms with Crippen LogP contribution in [0.1, 0.15) is 31.7 Å². The average Bonchev–Trinajstić information content (AvgIpc) is 2.35. The van der Waals surface area contributed by atoms with Gasteiger partial charge in [0.2, 0.25) is 0 Å². The fraction of sp³-hybridized carbons (Fsp3) is 0.571. The van der Waals surface area contributed by atoms with Crippen LogP contribution >= 0.6 is 23.2 Å². The maximum atomic E-state index is 6.25. The molecule has 18 heavy (non-hydrogen) atoms. The Bertz CT molecular complexity index is 407. The monoisotopic (exact) mass is 286 g/mol. The molecule has 1 aromatic rings. The summed E-state index contributed by atoms with van der Waals surface area (Å²) in [6, 6.07) is 6.47. The Morgan fingerprint density at radius 2 is 2.17 bits per heavy atom. The molecule has 100 valence electrons. The van der Waals surface area contributed by atoms with Crippen LogP contribution in [-0.4, -0.2) is 23.5 Å². The summed E-state index contributed by atoms with van der Waals surface area (Å²) in [5, 5.41) is 1.30. The molecule has 1 aliphatic heterocycles. The molecule has 0 bridgehead atoms. The first-order chi connectivity index (χ1) is 8.59. The van der Waals surface area contributed by atoms with E-state index >= 15 is 0 Å². The second kappa shape index (κ2) is 6.25. The second-order valence-corrected chi connectivity index (χ2v) is 5.89. The quantitative estimate of drug-likeness (QED) is 0.918. The van der Waals surface area contributed by atoms with Crippen LogP contribution in [0.4, 0.5) is 0 Å². The number of nitrogens with zero attached hydrogens (tertiary/aromatic N) is 1. The highest BCUT2D eigenvalue weighted by Crippen LogP contribution is 2.29. The summed E-state index contributed by atoms with van der Waals surface area (Å²) in [4.78, 5) is 2.44. The molecule has 1 heterocycles. The van der Waals surface area contributed by atoms with Crippen molar-refractivity contribution >= 4 is 23.2 Å². The average molecular weight is 287 g/mol. The Kier molecular flexibility index (Phi) is 4.91. The third-order valence-corrected chi connectivity index (χ3v) is 4.53. The molecule has 2 atom stereocenters. The van der Waals surface area contributed by atoms with E-state index in [-0.39, 0.29) is 6.04 Å². The van der Waals surface area contributed by atoms with Crippen LogP contribution in [-0.2, 0) is 6.54 Å². The SMILES string of the molecule is CC(N)C1CCCCN1Cc1cccc(Cl)c1Cl. The molecule has 1 saturated heterocycles. The van der Waals surface area contributed by atoms with E-state index in [0.717, 1.165) is 18.7 Å². The molecule has 0 spiro atoms. The van der Waals surface area contributed by atoms with Gasteiger partial charge in [0, 0.05) is 18.6 Å². The summed E-state index contributed by atoms with van der Waals surface area (Å²) < 4.78 is 0. The maximum Gasteiger partial charge on any atom is 0.0637 e. The first-order valence-corrected chi connectivity index (χ1v) is 7.27. The lowest BCUT2D eigenvalue weighted by Crippen LogP contribution is -2.48. The van der Waals surface area contributed by atoms with Crippen molar-refractivity contribution in [3.8, 4) is 0 Å². The van der Waals surface area contributed by atoms with Crippen LogP contribution < -0.4 is 5.73 Å². The Labute approximate surface area is 119 Å². The minimum absolute atomic E-state index is 0.197. The smallest absolute Gasteiger partial charge is 0.0637 e. The lowest BCUT2D eigenvalue weighted by Gasteiger charge is -2.38. The number of benzene rings is 1. The van der Waals surface area contributed by atoms with Gasteiger partial charge in [-0.15, -0.1) is 0 Å². The van der Waals surface area contributed by atoms with Crippen molar-refractivity contribution in [3.05, 3.63) is 33.8 Å². The van der Waals surface area contributed by atoms with Gasteiger partial charge in [-0.2, -0.15) is 0 Å². The van der Waals surface area contributed by atoms with Gasteiger partial charge >= 0.3 is 0 Å². The fourth-order valence-electron chi connectivity index (χ4n) is 2.70. The summed E-state index contributed by atoms with van der Waals surface area (Å²) in [6.45, 7) is 4.02. The molecule has 2 rings (SSSR count). The molecule has 2 unspecified atom stereocenters. The molecular weight excluding hydrogens is 267 g/mol. The summed E-state index contributed by atoms with van der Waals surface area (Å²) in [5.41, 5.74) is 7.17. The van der Waals surface area contributed by atoms with E-state index < -0.39 is 0 Å². The number of rotatable bonds is 3. The Hall–Kier alpha value is -0.280. The Morgan fingerprint density at radius 3 is 2.89 bits per heavy atom. The van der Waals surface area contributed by atoms with Crippen LogP contribution in [0.3, 0.4) is 0 Å². The van der Waals surface area contributed by atoms with E-state index in [2.05, 4.69) is 11.8 Å². The normalized spacial score (nSPS) is 23.0. The van der Waals surface area contributed by atoms with Gasteiger partial charge in [-0.3, -0.25) is 4.90 Å². The molecule has 0 amide bonds. The van der Waals surface area contributed by atoms with Crippen molar-refractivity contribution in [3.63, 3.8) is 0 Å². The maximum absolute atomic E-state index is 6.25. The third kappa shape index (κ3) is 3.18. The van der Waals surface area contributed by atoms with Crippen molar-refractivity contribution in [1.29, 1.82) is 0 Å². The van der Waals surface area contributed by atoms with Crippen molar-refractivity contribution in [2.45, 2.75) is 44.8 Å². The Balaban J connectivity index is 2.13. The number of halogens is 2. The van der Waals surface area contributed by atoms with Crippen molar-refractivity contribution in [2.24, 2.45) is 5.73 Å². The highest BCUT2D eigenvalue weighted by atomic mass is 35.5. The number of hydrogen-bond acceptors (Lipinski definition) is 2. The van der Waals surface area contributed by atoms with Gasteiger partial charge in [0.05, 0.1) is 10.0 Å². The first kappa shape index (κ1) is 14.1. The van der Waals surface area contributed by atoms with E-state index in [4.69, 9.17) is 28.9 Å². The van der Waals surface area contributed by atoms with Gasteiger partial charge in [-0.1, -0.05) is 41.8 Å². The zero-order valence-corrected chi connectivity index (χ0v) is 12.2. The van der Waals surface area contributed by atoms with E-state index in [1.54, 1.807) is 0 Å². The Morgan fingerprint density at radius 1 is 1.39 bits per heavy atom. The molecule has 0 saturated carbocycles. The van der Waals surface area contributed by atoms with Gasteiger partial charge < -0.3 is 5.73 Å². The lowest BCUT2D eigenvalue weighted by atomic mass is 9.96. The first-order valence-electron chi connectivity index (χ1n) is 6.52. The van der Waals surface area contributed by atoms with Crippen LogP contribution in [0.2, 0.25) is 10.0 Å². The van der Waals surface area contributed by atoms with Crippen molar-refractivity contribution < 1.29 is 0 Å². The molecule has 1 fully saturated rings.